The predicted molar refractivity (Wildman–Crippen MR) is 53.9 cm³/mol. The van der Waals surface area contributed by atoms with E-state index in [0.717, 1.165) is 6.42 Å². The molecule has 0 nitrogen and oxygen atoms in total. The third kappa shape index (κ3) is 1.43. The molecule has 0 radical (unpaired) electrons. The van der Waals surface area contributed by atoms with Crippen LogP contribution in [0.4, 0.5) is 0 Å². The lowest BCUT2D eigenvalue weighted by Crippen LogP contribution is -1.79. The van der Waals surface area contributed by atoms with E-state index in [1.165, 1.54) is 16.0 Å². The zero-order valence-corrected chi connectivity index (χ0v) is 7.58. The lowest BCUT2D eigenvalue weighted by Gasteiger charge is -1.94. The summed E-state index contributed by atoms with van der Waals surface area (Å²) < 4.78 is 0. The molecule has 1 rings (SSSR count). The summed E-state index contributed by atoms with van der Waals surface area (Å²) in [5.74, 6) is 0. The van der Waals surface area contributed by atoms with E-state index >= 15 is 0 Å². The van der Waals surface area contributed by atoms with E-state index < -0.39 is 0 Å². The first-order chi connectivity index (χ1) is 5.33. The number of rotatable bonds is 3. The highest BCUT2D eigenvalue weighted by molar-refractivity contribution is 7.11. The Morgan fingerprint density at radius 2 is 2.18 bits per heavy atom. The van der Waals surface area contributed by atoms with Gasteiger partial charge in [-0.05, 0) is 22.9 Å². The molecule has 0 N–H and O–H groups in total. The molecule has 0 aromatic carbocycles. The van der Waals surface area contributed by atoms with E-state index in [9.17, 15) is 0 Å². The van der Waals surface area contributed by atoms with Crippen LogP contribution in [0, 0.1) is 0 Å². The fourth-order valence-corrected chi connectivity index (χ4v) is 2.08. The quantitative estimate of drug-likeness (QED) is 0.640. The van der Waals surface area contributed by atoms with Gasteiger partial charge in [-0.2, -0.15) is 0 Å². The van der Waals surface area contributed by atoms with Crippen molar-refractivity contribution >= 4 is 23.5 Å². The second-order valence-electron chi connectivity index (χ2n) is 2.30. The molecule has 1 aromatic heterocycles. The van der Waals surface area contributed by atoms with Crippen LogP contribution in [0.2, 0.25) is 0 Å². The molecule has 0 unspecified atom stereocenters. The second-order valence-corrected chi connectivity index (χ2v) is 3.21. The average Bonchev–Trinajstić information content (AvgIpc) is 2.45. The first kappa shape index (κ1) is 8.28. The molecule has 0 saturated carbocycles. The Morgan fingerprint density at radius 1 is 1.45 bits per heavy atom. The zero-order chi connectivity index (χ0) is 8.27. The Kier molecular flexibility index (Phi) is 2.66. The van der Waals surface area contributed by atoms with E-state index in [1.807, 2.05) is 12.2 Å². The van der Waals surface area contributed by atoms with Gasteiger partial charge in [-0.3, -0.25) is 0 Å². The minimum absolute atomic E-state index is 1.08. The highest BCUT2D eigenvalue weighted by Gasteiger charge is 2.02. The standard InChI is InChI=1S/C10H12S/c1-4-8-7-11-10(6-3)9(8)5-2/h5-7H,2-4H2,1H3. The normalized spacial score (nSPS) is 9.55. The lowest BCUT2D eigenvalue weighted by atomic mass is 10.1. The molecule has 0 bridgehead atoms. The molecule has 0 aliphatic carbocycles. The van der Waals surface area contributed by atoms with Gasteiger partial charge in [0.05, 0.1) is 0 Å². The van der Waals surface area contributed by atoms with Gasteiger partial charge in [-0.25, -0.2) is 0 Å². The second kappa shape index (κ2) is 3.54. The average molecular weight is 164 g/mol. The lowest BCUT2D eigenvalue weighted by molar-refractivity contribution is 1.15. The third-order valence-electron chi connectivity index (χ3n) is 1.71. The molecule has 0 fully saturated rings. The Labute approximate surface area is 71.9 Å². The third-order valence-corrected chi connectivity index (χ3v) is 2.75. The topological polar surface area (TPSA) is 0 Å². The maximum atomic E-state index is 3.78. The summed E-state index contributed by atoms with van der Waals surface area (Å²) in [6, 6.07) is 0. The molecule has 11 heavy (non-hydrogen) atoms. The van der Waals surface area contributed by atoms with Crippen LogP contribution in [-0.2, 0) is 6.42 Å². The van der Waals surface area contributed by atoms with E-state index in [-0.39, 0.29) is 0 Å². The van der Waals surface area contributed by atoms with Crippen LogP contribution in [-0.4, -0.2) is 0 Å². The molecular weight excluding hydrogens is 152 g/mol. The smallest absolute Gasteiger partial charge is 0.0339 e. The highest BCUT2D eigenvalue weighted by atomic mass is 32.1. The van der Waals surface area contributed by atoms with Crippen LogP contribution in [0.3, 0.4) is 0 Å². The van der Waals surface area contributed by atoms with Crippen LogP contribution in [0.25, 0.3) is 12.2 Å². The predicted octanol–water partition coefficient (Wildman–Crippen LogP) is 3.60. The molecular formula is C10H12S. The van der Waals surface area contributed by atoms with Gasteiger partial charge in [0.15, 0.2) is 0 Å². The van der Waals surface area contributed by atoms with E-state index in [2.05, 4.69) is 25.5 Å². The van der Waals surface area contributed by atoms with Gasteiger partial charge in [-0.1, -0.05) is 32.2 Å². The number of thiophene rings is 1. The minimum Gasteiger partial charge on any atom is -0.144 e. The maximum absolute atomic E-state index is 3.78. The zero-order valence-electron chi connectivity index (χ0n) is 6.76. The number of hydrogen-bond donors (Lipinski definition) is 0. The van der Waals surface area contributed by atoms with Crippen molar-refractivity contribution in [1.29, 1.82) is 0 Å². The van der Waals surface area contributed by atoms with Crippen molar-refractivity contribution in [3.63, 3.8) is 0 Å². The number of hydrogen-bond acceptors (Lipinski definition) is 1. The highest BCUT2D eigenvalue weighted by Crippen LogP contribution is 2.24. The molecule has 0 saturated heterocycles. The Bertz CT molecular complexity index is 268. The monoisotopic (exact) mass is 164 g/mol. The van der Waals surface area contributed by atoms with Crippen molar-refractivity contribution in [2.75, 3.05) is 0 Å². The van der Waals surface area contributed by atoms with E-state index in [0.29, 0.717) is 0 Å². The summed E-state index contributed by atoms with van der Waals surface area (Å²) in [5, 5.41) is 2.17. The molecule has 0 spiro atoms. The molecule has 1 aromatic rings. The Morgan fingerprint density at radius 3 is 2.64 bits per heavy atom. The van der Waals surface area contributed by atoms with Crippen LogP contribution < -0.4 is 0 Å². The SMILES string of the molecule is C=Cc1scc(CC)c1C=C. The van der Waals surface area contributed by atoms with Gasteiger partial charge >= 0.3 is 0 Å². The molecule has 58 valence electrons. The van der Waals surface area contributed by atoms with Crippen molar-refractivity contribution in [1.82, 2.24) is 0 Å². The van der Waals surface area contributed by atoms with Gasteiger partial charge < -0.3 is 0 Å². The van der Waals surface area contributed by atoms with Crippen molar-refractivity contribution in [3.8, 4) is 0 Å². The molecule has 0 atom stereocenters. The van der Waals surface area contributed by atoms with Crippen molar-refractivity contribution in [2.45, 2.75) is 13.3 Å². The van der Waals surface area contributed by atoms with Crippen molar-refractivity contribution in [3.05, 3.63) is 34.5 Å². The van der Waals surface area contributed by atoms with Gasteiger partial charge in [0.25, 0.3) is 0 Å². The van der Waals surface area contributed by atoms with E-state index in [1.54, 1.807) is 11.3 Å². The molecule has 0 amide bonds. The van der Waals surface area contributed by atoms with Gasteiger partial charge in [0.1, 0.15) is 0 Å². The first-order valence-electron chi connectivity index (χ1n) is 3.68. The van der Waals surface area contributed by atoms with Crippen molar-refractivity contribution in [2.24, 2.45) is 0 Å². The molecule has 1 heterocycles. The number of aryl methyl sites for hydroxylation is 1. The fourth-order valence-electron chi connectivity index (χ4n) is 1.08. The summed E-state index contributed by atoms with van der Waals surface area (Å²) in [4.78, 5) is 1.23. The summed E-state index contributed by atoms with van der Waals surface area (Å²) in [6.07, 6.45) is 4.87. The summed E-state index contributed by atoms with van der Waals surface area (Å²) in [7, 11) is 0. The van der Waals surface area contributed by atoms with Crippen LogP contribution >= 0.6 is 11.3 Å². The summed E-state index contributed by atoms with van der Waals surface area (Å²) in [6.45, 7) is 9.68. The largest absolute Gasteiger partial charge is 0.144 e. The minimum atomic E-state index is 1.08. The molecule has 0 aliphatic heterocycles. The Balaban J connectivity index is 3.18. The van der Waals surface area contributed by atoms with E-state index in [4.69, 9.17) is 0 Å². The molecule has 0 aliphatic rings. The van der Waals surface area contributed by atoms with Gasteiger partial charge in [-0.15, -0.1) is 11.3 Å². The summed E-state index contributed by atoms with van der Waals surface area (Å²) >= 11 is 1.74. The molecule has 1 heteroatoms. The summed E-state index contributed by atoms with van der Waals surface area (Å²) in [5.41, 5.74) is 2.63. The van der Waals surface area contributed by atoms with Crippen LogP contribution in [0.15, 0.2) is 18.5 Å². The maximum Gasteiger partial charge on any atom is 0.0339 e. The first-order valence-corrected chi connectivity index (χ1v) is 4.56. The van der Waals surface area contributed by atoms with Crippen molar-refractivity contribution < 1.29 is 0 Å². The Hall–Kier alpha value is -0.820. The fraction of sp³-hybridized carbons (Fsp3) is 0.200. The van der Waals surface area contributed by atoms with Gasteiger partial charge in [0.2, 0.25) is 0 Å². The van der Waals surface area contributed by atoms with Crippen LogP contribution in [0.5, 0.6) is 0 Å². The van der Waals surface area contributed by atoms with Crippen LogP contribution in [0.1, 0.15) is 22.9 Å². The van der Waals surface area contributed by atoms with Gasteiger partial charge in [0, 0.05) is 4.88 Å².